The number of hydrogen-bond donors (Lipinski definition) is 0. The highest BCUT2D eigenvalue weighted by molar-refractivity contribution is 6.29. The van der Waals surface area contributed by atoms with E-state index in [2.05, 4.69) is 15.0 Å². The Morgan fingerprint density at radius 2 is 2.00 bits per heavy atom. The first-order chi connectivity index (χ1) is 9.19. The number of nitrogens with zero attached hydrogens (tertiary/aromatic N) is 4. The molecule has 0 saturated heterocycles. The van der Waals surface area contributed by atoms with Crippen molar-refractivity contribution in [1.82, 2.24) is 15.0 Å². The van der Waals surface area contributed by atoms with Gasteiger partial charge in [0.1, 0.15) is 17.6 Å². The predicted molar refractivity (Wildman–Crippen MR) is 74.1 cm³/mol. The minimum Gasteiger partial charge on any atom is -0.377 e. The Labute approximate surface area is 117 Å². The van der Waals surface area contributed by atoms with E-state index in [1.165, 1.54) is 0 Å². The lowest BCUT2D eigenvalue weighted by atomic mass is 10.2. The maximum Gasteiger partial charge on any atom is 0.158 e. The van der Waals surface area contributed by atoms with E-state index >= 15 is 0 Å². The van der Waals surface area contributed by atoms with Gasteiger partial charge in [-0.3, -0.25) is 4.98 Å². The molecule has 0 amide bonds. The molecule has 5 nitrogen and oxygen atoms in total. The molecule has 0 aromatic carbocycles. The Morgan fingerprint density at radius 1 is 1.26 bits per heavy atom. The topological polar surface area (TPSA) is 51.1 Å². The molecule has 0 radical (unpaired) electrons. The van der Waals surface area contributed by atoms with E-state index in [9.17, 15) is 0 Å². The minimum absolute atomic E-state index is 0.344. The van der Waals surface area contributed by atoms with Gasteiger partial charge in [0, 0.05) is 39.2 Å². The van der Waals surface area contributed by atoms with E-state index in [1.807, 2.05) is 24.1 Å². The molecular formula is C13H15ClN4O. The van der Waals surface area contributed by atoms with E-state index in [0.29, 0.717) is 17.6 Å². The number of pyridine rings is 1. The Bertz CT molecular complexity index is 535. The summed E-state index contributed by atoms with van der Waals surface area (Å²) in [5.74, 6) is 1.34. The second-order valence-corrected chi connectivity index (χ2v) is 4.50. The lowest BCUT2D eigenvalue weighted by Gasteiger charge is -2.18. The second-order valence-electron chi connectivity index (χ2n) is 4.11. The summed E-state index contributed by atoms with van der Waals surface area (Å²) in [6, 6.07) is 5.67. The number of halogens is 1. The molecule has 0 aliphatic rings. The maximum absolute atomic E-state index is 5.99. The van der Waals surface area contributed by atoms with Gasteiger partial charge < -0.3 is 9.64 Å². The fraction of sp³-hybridized carbons (Fsp3) is 0.308. The van der Waals surface area contributed by atoms with Crippen molar-refractivity contribution in [2.45, 2.75) is 13.2 Å². The van der Waals surface area contributed by atoms with Crippen molar-refractivity contribution in [3.63, 3.8) is 0 Å². The molecule has 0 aliphatic carbocycles. The first kappa shape index (κ1) is 13.7. The van der Waals surface area contributed by atoms with Gasteiger partial charge in [-0.25, -0.2) is 9.97 Å². The van der Waals surface area contributed by atoms with Gasteiger partial charge in [0.15, 0.2) is 5.82 Å². The fourth-order valence-corrected chi connectivity index (χ4v) is 1.88. The van der Waals surface area contributed by atoms with Crippen LogP contribution in [0.1, 0.15) is 11.4 Å². The van der Waals surface area contributed by atoms with Crippen molar-refractivity contribution in [1.29, 1.82) is 0 Å². The van der Waals surface area contributed by atoms with Crippen LogP contribution in [-0.2, 0) is 17.9 Å². The van der Waals surface area contributed by atoms with Gasteiger partial charge in [0.2, 0.25) is 0 Å². The summed E-state index contributed by atoms with van der Waals surface area (Å²) in [5, 5.41) is 0.415. The van der Waals surface area contributed by atoms with Crippen LogP contribution in [0.2, 0.25) is 5.15 Å². The average Bonchev–Trinajstić information content (AvgIpc) is 2.39. The summed E-state index contributed by atoms with van der Waals surface area (Å²) in [5.41, 5.74) is 1.15. The van der Waals surface area contributed by atoms with Crippen LogP contribution < -0.4 is 4.90 Å². The molecule has 2 aromatic heterocycles. The molecule has 0 fully saturated rings. The molecule has 0 bridgehead atoms. The second kappa shape index (κ2) is 6.45. The van der Waals surface area contributed by atoms with E-state index in [0.717, 1.165) is 17.9 Å². The fourth-order valence-electron chi connectivity index (χ4n) is 1.68. The van der Waals surface area contributed by atoms with Crippen LogP contribution in [-0.4, -0.2) is 29.1 Å². The third-order valence-corrected chi connectivity index (χ3v) is 2.75. The van der Waals surface area contributed by atoms with Gasteiger partial charge in [0.25, 0.3) is 0 Å². The molecular weight excluding hydrogens is 264 g/mol. The summed E-state index contributed by atoms with van der Waals surface area (Å²) in [6.45, 7) is 1.07. The normalized spacial score (nSPS) is 10.5. The maximum atomic E-state index is 5.99. The molecule has 100 valence electrons. The molecule has 0 saturated carbocycles. The quantitative estimate of drug-likeness (QED) is 0.786. The van der Waals surface area contributed by atoms with Crippen molar-refractivity contribution < 1.29 is 4.74 Å². The van der Waals surface area contributed by atoms with Crippen molar-refractivity contribution in [2.75, 3.05) is 19.1 Å². The number of anilines is 1. The van der Waals surface area contributed by atoms with Crippen molar-refractivity contribution in [3.05, 3.63) is 47.1 Å². The molecule has 2 rings (SSSR count). The van der Waals surface area contributed by atoms with Gasteiger partial charge >= 0.3 is 0 Å². The van der Waals surface area contributed by atoms with Crippen LogP contribution in [0.5, 0.6) is 0 Å². The summed E-state index contributed by atoms with van der Waals surface area (Å²) >= 11 is 5.99. The average molecular weight is 279 g/mol. The zero-order valence-electron chi connectivity index (χ0n) is 10.9. The smallest absolute Gasteiger partial charge is 0.158 e. The largest absolute Gasteiger partial charge is 0.377 e. The standard InChI is InChI=1S/C13H15ClN4O/c1-18(8-10-3-5-15-6-4-10)13-7-11(14)16-12(17-13)9-19-2/h3-7H,8-9H2,1-2H3. The van der Waals surface area contributed by atoms with Crippen molar-refractivity contribution in [3.8, 4) is 0 Å². The summed E-state index contributed by atoms with van der Waals surface area (Å²) < 4.78 is 5.03. The third kappa shape index (κ3) is 3.87. The van der Waals surface area contributed by atoms with E-state index in [-0.39, 0.29) is 0 Å². The Morgan fingerprint density at radius 3 is 2.68 bits per heavy atom. The zero-order valence-corrected chi connectivity index (χ0v) is 11.6. The molecule has 19 heavy (non-hydrogen) atoms. The van der Waals surface area contributed by atoms with Crippen LogP contribution in [0, 0.1) is 0 Å². The third-order valence-electron chi connectivity index (χ3n) is 2.56. The first-order valence-electron chi connectivity index (χ1n) is 5.81. The molecule has 2 aromatic rings. The van der Waals surface area contributed by atoms with Crippen molar-refractivity contribution in [2.24, 2.45) is 0 Å². The zero-order chi connectivity index (χ0) is 13.7. The monoisotopic (exact) mass is 278 g/mol. The summed E-state index contributed by atoms with van der Waals surface area (Å²) in [4.78, 5) is 14.5. The SMILES string of the molecule is COCc1nc(Cl)cc(N(C)Cc2ccncc2)n1. The van der Waals surface area contributed by atoms with Gasteiger partial charge in [-0.05, 0) is 17.7 Å². The summed E-state index contributed by atoms with van der Waals surface area (Å²) in [7, 11) is 3.56. The van der Waals surface area contributed by atoms with E-state index in [4.69, 9.17) is 16.3 Å². The lowest BCUT2D eigenvalue weighted by molar-refractivity contribution is 0.178. The number of ether oxygens (including phenoxy) is 1. The summed E-state index contributed by atoms with van der Waals surface area (Å²) in [6.07, 6.45) is 3.54. The van der Waals surface area contributed by atoms with Crippen LogP contribution in [0.3, 0.4) is 0 Å². The molecule has 0 N–H and O–H groups in total. The number of rotatable bonds is 5. The molecule has 0 aliphatic heterocycles. The van der Waals surface area contributed by atoms with E-state index < -0.39 is 0 Å². The lowest BCUT2D eigenvalue weighted by Crippen LogP contribution is -2.18. The molecule has 6 heteroatoms. The first-order valence-corrected chi connectivity index (χ1v) is 6.19. The number of methoxy groups -OCH3 is 1. The molecule has 2 heterocycles. The highest BCUT2D eigenvalue weighted by atomic mass is 35.5. The highest BCUT2D eigenvalue weighted by Crippen LogP contribution is 2.17. The Balaban J connectivity index is 2.16. The van der Waals surface area contributed by atoms with Gasteiger partial charge in [-0.15, -0.1) is 0 Å². The predicted octanol–water partition coefficient (Wildman–Crippen LogP) is 2.31. The van der Waals surface area contributed by atoms with Crippen LogP contribution in [0.25, 0.3) is 0 Å². The van der Waals surface area contributed by atoms with E-state index in [1.54, 1.807) is 25.6 Å². The molecule has 0 unspecified atom stereocenters. The van der Waals surface area contributed by atoms with Gasteiger partial charge in [-0.1, -0.05) is 11.6 Å². The Hall–Kier alpha value is -1.72. The van der Waals surface area contributed by atoms with Gasteiger partial charge in [0.05, 0.1) is 0 Å². The minimum atomic E-state index is 0.344. The Kier molecular flexibility index (Phi) is 4.65. The highest BCUT2D eigenvalue weighted by Gasteiger charge is 2.08. The molecule has 0 atom stereocenters. The number of hydrogen-bond acceptors (Lipinski definition) is 5. The number of aromatic nitrogens is 3. The molecule has 0 spiro atoms. The van der Waals surface area contributed by atoms with Crippen LogP contribution in [0.15, 0.2) is 30.6 Å². The van der Waals surface area contributed by atoms with Crippen LogP contribution in [0.4, 0.5) is 5.82 Å². The van der Waals surface area contributed by atoms with Crippen LogP contribution >= 0.6 is 11.6 Å². The van der Waals surface area contributed by atoms with Gasteiger partial charge in [-0.2, -0.15) is 0 Å². The van der Waals surface area contributed by atoms with Crippen molar-refractivity contribution >= 4 is 17.4 Å².